The summed E-state index contributed by atoms with van der Waals surface area (Å²) in [5.41, 5.74) is 3.65. The van der Waals surface area contributed by atoms with Crippen molar-refractivity contribution in [1.82, 2.24) is 5.32 Å². The lowest BCUT2D eigenvalue weighted by Crippen LogP contribution is -2.41. The molecule has 162 valence electrons. The van der Waals surface area contributed by atoms with E-state index in [9.17, 15) is 13.2 Å². The maximum Gasteiger partial charge on any atom is 0.264 e. The highest BCUT2D eigenvalue weighted by atomic mass is 32.2. The smallest absolute Gasteiger partial charge is 0.264 e. The summed E-state index contributed by atoms with van der Waals surface area (Å²) in [6, 6.07) is 23.1. The van der Waals surface area contributed by atoms with Gasteiger partial charge in [0.15, 0.2) is 0 Å². The highest BCUT2D eigenvalue weighted by molar-refractivity contribution is 7.92. The van der Waals surface area contributed by atoms with Crippen LogP contribution >= 0.6 is 0 Å². The molecule has 1 atom stereocenters. The molecule has 0 aromatic heterocycles. The molecule has 1 N–H and O–H groups in total. The average Bonchev–Trinajstić information content (AvgIpc) is 2.78. The predicted octanol–water partition coefficient (Wildman–Crippen LogP) is 4.63. The Bertz CT molecular complexity index is 1110. The van der Waals surface area contributed by atoms with Gasteiger partial charge in [-0.1, -0.05) is 67.1 Å². The monoisotopic (exact) mass is 436 g/mol. The van der Waals surface area contributed by atoms with E-state index in [2.05, 4.69) is 12.2 Å². The molecule has 5 nitrogen and oxygen atoms in total. The normalized spacial score (nSPS) is 12.2. The van der Waals surface area contributed by atoms with Crippen molar-refractivity contribution < 1.29 is 13.2 Å². The van der Waals surface area contributed by atoms with Gasteiger partial charge in [-0.2, -0.15) is 0 Å². The second-order valence-electron chi connectivity index (χ2n) is 7.54. The van der Waals surface area contributed by atoms with E-state index in [1.165, 1.54) is 17.7 Å². The number of rotatable bonds is 8. The molecule has 0 heterocycles. The molecule has 0 saturated heterocycles. The molecule has 0 radical (unpaired) electrons. The lowest BCUT2D eigenvalue weighted by Gasteiger charge is -2.25. The number of carbonyl (C=O) groups is 1. The summed E-state index contributed by atoms with van der Waals surface area (Å²) >= 11 is 0. The summed E-state index contributed by atoms with van der Waals surface area (Å²) in [5, 5.41) is 2.92. The van der Waals surface area contributed by atoms with Gasteiger partial charge in [0.1, 0.15) is 6.54 Å². The third kappa shape index (κ3) is 5.52. The van der Waals surface area contributed by atoms with Gasteiger partial charge in [-0.3, -0.25) is 9.10 Å². The molecule has 6 heteroatoms. The van der Waals surface area contributed by atoms with Crippen LogP contribution in [0.4, 0.5) is 5.69 Å². The number of carbonyl (C=O) groups excluding carboxylic acids is 1. The highest BCUT2D eigenvalue weighted by Crippen LogP contribution is 2.24. The van der Waals surface area contributed by atoms with Crippen LogP contribution in [-0.2, 0) is 21.2 Å². The number of aryl methyl sites for hydroxylation is 2. The van der Waals surface area contributed by atoms with E-state index < -0.39 is 10.0 Å². The zero-order valence-corrected chi connectivity index (χ0v) is 18.9. The van der Waals surface area contributed by atoms with Gasteiger partial charge >= 0.3 is 0 Å². The molecule has 0 spiro atoms. The van der Waals surface area contributed by atoms with E-state index in [0.717, 1.165) is 21.9 Å². The SMILES string of the molecule is CCc1ccc([C@H](C)NC(=O)CN(c2ccc(C)cc2)S(=O)(=O)c2ccccc2)cc1. The van der Waals surface area contributed by atoms with Gasteiger partial charge < -0.3 is 5.32 Å². The molecule has 0 aliphatic carbocycles. The van der Waals surface area contributed by atoms with Crippen LogP contribution in [-0.4, -0.2) is 20.9 Å². The maximum absolute atomic E-state index is 13.3. The molecule has 31 heavy (non-hydrogen) atoms. The van der Waals surface area contributed by atoms with E-state index in [4.69, 9.17) is 0 Å². The minimum atomic E-state index is -3.90. The van der Waals surface area contributed by atoms with Crippen molar-refractivity contribution >= 4 is 21.6 Å². The second-order valence-corrected chi connectivity index (χ2v) is 9.41. The fourth-order valence-corrected chi connectivity index (χ4v) is 4.73. The van der Waals surface area contributed by atoms with E-state index in [1.807, 2.05) is 50.2 Å². The van der Waals surface area contributed by atoms with Crippen LogP contribution in [0.3, 0.4) is 0 Å². The molecular formula is C25H28N2O3S. The predicted molar refractivity (Wildman–Crippen MR) is 125 cm³/mol. The molecule has 0 saturated carbocycles. The maximum atomic E-state index is 13.3. The number of nitrogens with one attached hydrogen (secondary N) is 1. The Hall–Kier alpha value is -3.12. The standard InChI is InChI=1S/C25H28N2O3S/c1-4-21-12-14-22(15-13-21)20(3)26-25(28)18-27(23-16-10-19(2)11-17-23)31(29,30)24-8-6-5-7-9-24/h5-17,20H,4,18H2,1-3H3,(H,26,28)/t20-/m0/s1. The third-order valence-electron chi connectivity index (χ3n) is 5.21. The number of hydrogen-bond donors (Lipinski definition) is 1. The van der Waals surface area contributed by atoms with Gasteiger partial charge in [0.25, 0.3) is 10.0 Å². The molecule has 0 unspecified atom stereocenters. The number of hydrogen-bond acceptors (Lipinski definition) is 3. The number of benzene rings is 3. The highest BCUT2D eigenvalue weighted by Gasteiger charge is 2.27. The Morgan fingerprint density at radius 1 is 0.935 bits per heavy atom. The lowest BCUT2D eigenvalue weighted by atomic mass is 10.1. The molecule has 0 fully saturated rings. The van der Waals surface area contributed by atoms with Gasteiger partial charge in [-0.05, 0) is 55.7 Å². The number of nitrogens with zero attached hydrogens (tertiary/aromatic N) is 1. The largest absolute Gasteiger partial charge is 0.348 e. The minimum absolute atomic E-state index is 0.145. The fourth-order valence-electron chi connectivity index (χ4n) is 3.29. The van der Waals surface area contributed by atoms with Gasteiger partial charge in [-0.25, -0.2) is 8.42 Å². The van der Waals surface area contributed by atoms with Crippen LogP contribution in [0, 0.1) is 6.92 Å². The van der Waals surface area contributed by atoms with Crippen LogP contribution in [0.1, 0.15) is 36.6 Å². The Labute approximate surface area is 184 Å². The Morgan fingerprint density at radius 3 is 2.13 bits per heavy atom. The second kappa shape index (κ2) is 9.79. The Morgan fingerprint density at radius 2 is 1.55 bits per heavy atom. The van der Waals surface area contributed by atoms with Crippen molar-refractivity contribution in [3.63, 3.8) is 0 Å². The molecule has 0 aliphatic heterocycles. The first-order valence-corrected chi connectivity index (χ1v) is 11.8. The summed E-state index contributed by atoms with van der Waals surface area (Å²) in [5.74, 6) is -0.368. The molecule has 0 aliphatic rings. The first-order valence-electron chi connectivity index (χ1n) is 10.3. The zero-order valence-electron chi connectivity index (χ0n) is 18.1. The molecule has 3 aromatic rings. The summed E-state index contributed by atoms with van der Waals surface area (Å²) < 4.78 is 27.8. The van der Waals surface area contributed by atoms with Crippen molar-refractivity contribution in [3.05, 3.63) is 95.6 Å². The van der Waals surface area contributed by atoms with Gasteiger partial charge in [-0.15, -0.1) is 0 Å². The Balaban J connectivity index is 1.84. The topological polar surface area (TPSA) is 66.5 Å². The molecule has 3 rings (SSSR count). The van der Waals surface area contributed by atoms with Crippen molar-refractivity contribution in [2.45, 2.75) is 38.1 Å². The summed E-state index contributed by atoms with van der Waals surface area (Å²) in [6.45, 7) is 5.60. The molecule has 1 amide bonds. The van der Waals surface area contributed by atoms with E-state index in [1.54, 1.807) is 30.3 Å². The quantitative estimate of drug-likeness (QED) is 0.560. The van der Waals surface area contributed by atoms with Crippen molar-refractivity contribution in [2.75, 3.05) is 10.8 Å². The van der Waals surface area contributed by atoms with Crippen LogP contribution < -0.4 is 9.62 Å². The Kier molecular flexibility index (Phi) is 7.13. The van der Waals surface area contributed by atoms with Gasteiger partial charge in [0.05, 0.1) is 16.6 Å². The molecular weight excluding hydrogens is 408 g/mol. The van der Waals surface area contributed by atoms with Crippen LogP contribution in [0.5, 0.6) is 0 Å². The van der Waals surface area contributed by atoms with Crippen molar-refractivity contribution in [2.24, 2.45) is 0 Å². The fraction of sp³-hybridized carbons (Fsp3) is 0.240. The first kappa shape index (κ1) is 22.6. The van der Waals surface area contributed by atoms with Crippen molar-refractivity contribution in [1.29, 1.82) is 0 Å². The molecule has 0 bridgehead atoms. The summed E-state index contributed by atoms with van der Waals surface area (Å²) in [4.78, 5) is 13.0. The third-order valence-corrected chi connectivity index (χ3v) is 6.99. The lowest BCUT2D eigenvalue weighted by molar-refractivity contribution is -0.120. The van der Waals surface area contributed by atoms with Gasteiger partial charge in [0.2, 0.25) is 5.91 Å². The number of amides is 1. The summed E-state index contributed by atoms with van der Waals surface area (Å²) in [6.07, 6.45) is 0.948. The number of sulfonamides is 1. The van der Waals surface area contributed by atoms with Crippen molar-refractivity contribution in [3.8, 4) is 0 Å². The van der Waals surface area contributed by atoms with E-state index in [0.29, 0.717) is 5.69 Å². The minimum Gasteiger partial charge on any atom is -0.348 e. The average molecular weight is 437 g/mol. The summed E-state index contributed by atoms with van der Waals surface area (Å²) in [7, 11) is -3.90. The van der Waals surface area contributed by atoms with Crippen LogP contribution in [0.15, 0.2) is 83.8 Å². The number of anilines is 1. The zero-order chi connectivity index (χ0) is 22.4. The first-order chi connectivity index (χ1) is 14.8. The van der Waals surface area contributed by atoms with E-state index in [-0.39, 0.29) is 23.4 Å². The van der Waals surface area contributed by atoms with Crippen LogP contribution in [0.2, 0.25) is 0 Å². The molecule has 3 aromatic carbocycles. The van der Waals surface area contributed by atoms with E-state index >= 15 is 0 Å². The van der Waals surface area contributed by atoms with Gasteiger partial charge in [0, 0.05) is 0 Å². The van der Waals surface area contributed by atoms with Crippen LogP contribution in [0.25, 0.3) is 0 Å².